The molecule has 17 heavy (non-hydrogen) atoms. The minimum Gasteiger partial charge on any atom is -0.481 e. The molecule has 0 aliphatic rings. The first kappa shape index (κ1) is 13.1. The van der Waals surface area contributed by atoms with Crippen molar-refractivity contribution >= 4 is 17.7 Å². The average molecular weight is 231 g/mol. The van der Waals surface area contributed by atoms with Gasteiger partial charge in [-0.2, -0.15) is 0 Å². The van der Waals surface area contributed by atoms with Crippen LogP contribution in [-0.2, 0) is 4.74 Å². The van der Waals surface area contributed by atoms with Crippen molar-refractivity contribution in [3.05, 3.63) is 34.7 Å². The average Bonchev–Trinajstić information content (AvgIpc) is 2.28. The summed E-state index contributed by atoms with van der Waals surface area (Å²) in [6, 6.07) is 1.87. The van der Waals surface area contributed by atoms with E-state index in [1.54, 1.807) is 6.20 Å². The largest absolute Gasteiger partial charge is 0.481 e. The van der Waals surface area contributed by atoms with Gasteiger partial charge in [0.15, 0.2) is 0 Å². The van der Waals surface area contributed by atoms with Gasteiger partial charge in [-0.05, 0) is 32.4 Å². The topological polar surface area (TPSA) is 69.8 Å². The number of hydrogen-bond acceptors (Lipinski definition) is 4. The summed E-state index contributed by atoms with van der Waals surface area (Å²) in [5.41, 5.74) is 4.20. The van der Waals surface area contributed by atoms with Crippen LogP contribution in [0.2, 0.25) is 0 Å². The lowest BCUT2D eigenvalue weighted by atomic mass is 10.0. The highest BCUT2D eigenvalue weighted by atomic mass is 16.5. The van der Waals surface area contributed by atoms with Gasteiger partial charge in [-0.1, -0.05) is 5.57 Å². The molecule has 1 aromatic rings. The number of rotatable bonds is 3. The van der Waals surface area contributed by atoms with Gasteiger partial charge in [-0.15, -0.1) is 0 Å². The Balaban J connectivity index is 3.26. The van der Waals surface area contributed by atoms with Crippen LogP contribution in [0.5, 0.6) is 0 Å². The van der Waals surface area contributed by atoms with Gasteiger partial charge in [-0.25, -0.2) is 0 Å². The molecule has 0 radical (unpaired) electrons. The fraction of sp³-hybridized carbons (Fsp3) is 0.308. The van der Waals surface area contributed by atoms with Gasteiger partial charge in [0.2, 0.25) is 5.90 Å². The maximum absolute atomic E-state index is 7.61. The Kier molecular flexibility index (Phi) is 4.15. The van der Waals surface area contributed by atoms with Crippen LogP contribution in [0.15, 0.2) is 17.8 Å². The summed E-state index contributed by atoms with van der Waals surface area (Å²) in [5, 5.41) is 15.0. The molecular weight excluding hydrogens is 214 g/mol. The summed E-state index contributed by atoms with van der Waals surface area (Å²) in [4.78, 5) is 4.27. The minimum absolute atomic E-state index is 0.107. The molecule has 0 aromatic carbocycles. The third-order valence-corrected chi connectivity index (χ3v) is 2.52. The number of nitrogens with zero attached hydrogens (tertiary/aromatic N) is 1. The maximum Gasteiger partial charge on any atom is 0.214 e. The van der Waals surface area contributed by atoms with E-state index in [1.807, 2.05) is 26.8 Å². The second kappa shape index (κ2) is 5.39. The van der Waals surface area contributed by atoms with Crippen molar-refractivity contribution in [3.8, 4) is 0 Å². The molecule has 0 bridgehead atoms. The maximum atomic E-state index is 7.61. The summed E-state index contributed by atoms with van der Waals surface area (Å²) in [6.07, 6.45) is 2.92. The number of aromatic nitrogens is 1. The van der Waals surface area contributed by atoms with Gasteiger partial charge in [0, 0.05) is 18.0 Å². The van der Waals surface area contributed by atoms with E-state index in [1.165, 1.54) is 13.3 Å². The molecule has 0 amide bonds. The fourth-order valence-electron chi connectivity index (χ4n) is 1.53. The zero-order valence-electron chi connectivity index (χ0n) is 10.6. The van der Waals surface area contributed by atoms with Crippen molar-refractivity contribution in [2.24, 2.45) is 0 Å². The number of allylic oxidation sites excluding steroid dienone is 2. The summed E-state index contributed by atoms with van der Waals surface area (Å²) < 4.78 is 4.88. The fourth-order valence-corrected chi connectivity index (χ4v) is 1.53. The number of ether oxygens (including phenoxy) is 1. The highest BCUT2D eigenvalue weighted by molar-refractivity contribution is 6.08. The number of methoxy groups -OCH3 is 1. The van der Waals surface area contributed by atoms with Crippen LogP contribution in [0.4, 0.5) is 0 Å². The minimum atomic E-state index is 0.107. The van der Waals surface area contributed by atoms with E-state index in [4.69, 9.17) is 15.6 Å². The van der Waals surface area contributed by atoms with Crippen LogP contribution in [-0.4, -0.2) is 24.2 Å². The Hall–Kier alpha value is -1.97. The third kappa shape index (κ3) is 2.78. The number of pyridine rings is 1. The molecule has 0 unspecified atom stereocenters. The van der Waals surface area contributed by atoms with E-state index >= 15 is 0 Å². The van der Waals surface area contributed by atoms with Gasteiger partial charge in [0.25, 0.3) is 0 Å². The van der Waals surface area contributed by atoms with E-state index in [0.29, 0.717) is 5.56 Å². The second-order valence-corrected chi connectivity index (χ2v) is 3.98. The predicted octanol–water partition coefficient (Wildman–Crippen LogP) is 2.80. The van der Waals surface area contributed by atoms with E-state index < -0.39 is 0 Å². The van der Waals surface area contributed by atoms with Crippen LogP contribution in [0.25, 0.3) is 5.57 Å². The highest BCUT2D eigenvalue weighted by Crippen LogP contribution is 2.17. The molecule has 0 aliphatic carbocycles. The molecular formula is C13H17N3O. The van der Waals surface area contributed by atoms with Crippen molar-refractivity contribution in [2.45, 2.75) is 20.8 Å². The molecule has 0 aliphatic heterocycles. The van der Waals surface area contributed by atoms with Gasteiger partial charge in [0.1, 0.15) is 0 Å². The summed E-state index contributed by atoms with van der Waals surface area (Å²) in [7, 11) is 1.47. The first-order chi connectivity index (χ1) is 8.01. The molecule has 1 aromatic heterocycles. The lowest BCUT2D eigenvalue weighted by Crippen LogP contribution is -2.06. The van der Waals surface area contributed by atoms with Gasteiger partial charge in [0.05, 0.1) is 18.4 Å². The quantitative estimate of drug-likeness (QED) is 0.620. The van der Waals surface area contributed by atoms with Crippen molar-refractivity contribution < 1.29 is 4.74 Å². The van der Waals surface area contributed by atoms with Crippen molar-refractivity contribution in [3.63, 3.8) is 0 Å². The Bertz CT molecular complexity index is 485. The van der Waals surface area contributed by atoms with Crippen LogP contribution in [0, 0.1) is 17.7 Å². The zero-order chi connectivity index (χ0) is 13.0. The van der Waals surface area contributed by atoms with Crippen LogP contribution >= 0.6 is 0 Å². The van der Waals surface area contributed by atoms with E-state index in [0.717, 1.165) is 22.4 Å². The van der Waals surface area contributed by atoms with E-state index in [9.17, 15) is 0 Å². The Morgan fingerprint density at radius 1 is 1.41 bits per heavy atom. The predicted molar refractivity (Wildman–Crippen MR) is 69.9 cm³/mol. The monoisotopic (exact) mass is 231 g/mol. The Morgan fingerprint density at radius 3 is 2.47 bits per heavy atom. The summed E-state index contributed by atoms with van der Waals surface area (Å²) in [5.74, 6) is 0.107. The number of hydrogen-bond donors (Lipinski definition) is 2. The zero-order valence-corrected chi connectivity index (χ0v) is 10.6. The number of aryl methyl sites for hydroxylation is 1. The van der Waals surface area contributed by atoms with Crippen molar-refractivity contribution in [2.75, 3.05) is 7.11 Å². The first-order valence-corrected chi connectivity index (χ1v) is 5.29. The first-order valence-electron chi connectivity index (χ1n) is 5.29. The molecule has 90 valence electrons. The standard InChI is InChI=1S/C13H17N3O/c1-8(2)10(6-14)12-5-9(3)11(7-16-12)13(15)17-4/h5-7,14-15H,1-4H3. The lowest BCUT2D eigenvalue weighted by molar-refractivity contribution is 0.400. The van der Waals surface area contributed by atoms with Crippen molar-refractivity contribution in [1.29, 1.82) is 10.8 Å². The SMILES string of the molecule is COC(=N)c1cnc(C(C=N)=C(C)C)cc1C. The Labute approximate surface area is 101 Å². The smallest absolute Gasteiger partial charge is 0.214 e. The Morgan fingerprint density at radius 2 is 2.06 bits per heavy atom. The summed E-state index contributed by atoms with van der Waals surface area (Å²) >= 11 is 0. The normalized spacial score (nSPS) is 9.65. The second-order valence-electron chi connectivity index (χ2n) is 3.98. The summed E-state index contributed by atoms with van der Waals surface area (Å²) in [6.45, 7) is 5.80. The van der Waals surface area contributed by atoms with Crippen LogP contribution in [0.1, 0.15) is 30.7 Å². The lowest BCUT2D eigenvalue weighted by Gasteiger charge is -2.09. The van der Waals surface area contributed by atoms with E-state index in [2.05, 4.69) is 4.98 Å². The van der Waals surface area contributed by atoms with Gasteiger partial charge < -0.3 is 10.1 Å². The van der Waals surface area contributed by atoms with Gasteiger partial charge in [-0.3, -0.25) is 10.4 Å². The van der Waals surface area contributed by atoms with Crippen molar-refractivity contribution in [1.82, 2.24) is 4.98 Å². The number of nitrogens with one attached hydrogen (secondary N) is 2. The third-order valence-electron chi connectivity index (χ3n) is 2.52. The molecule has 4 nitrogen and oxygen atoms in total. The highest BCUT2D eigenvalue weighted by Gasteiger charge is 2.09. The molecule has 0 fully saturated rings. The molecule has 4 heteroatoms. The molecule has 0 spiro atoms. The molecule has 2 N–H and O–H groups in total. The molecule has 1 heterocycles. The molecule has 0 saturated heterocycles. The molecule has 0 saturated carbocycles. The van der Waals surface area contributed by atoms with Crippen LogP contribution < -0.4 is 0 Å². The van der Waals surface area contributed by atoms with E-state index in [-0.39, 0.29) is 5.90 Å². The van der Waals surface area contributed by atoms with Crippen LogP contribution in [0.3, 0.4) is 0 Å². The molecule has 0 atom stereocenters. The van der Waals surface area contributed by atoms with Gasteiger partial charge >= 0.3 is 0 Å². The molecule has 1 rings (SSSR count).